The van der Waals surface area contributed by atoms with Gasteiger partial charge in [0.15, 0.2) is 0 Å². The van der Waals surface area contributed by atoms with Crippen molar-refractivity contribution in [2.45, 2.75) is 67.7 Å². The van der Waals surface area contributed by atoms with E-state index in [0.717, 1.165) is 12.8 Å². The molecule has 0 saturated carbocycles. The molecular formula is C16H32O3. The minimum atomic E-state index is -0.824. The van der Waals surface area contributed by atoms with Crippen LogP contribution in [0.25, 0.3) is 0 Å². The molecule has 0 aliphatic carbocycles. The Morgan fingerprint density at radius 3 is 1.95 bits per heavy atom. The molecule has 3 heteroatoms. The first-order chi connectivity index (χ1) is 8.56. The van der Waals surface area contributed by atoms with Gasteiger partial charge < -0.3 is 9.84 Å². The van der Waals surface area contributed by atoms with Gasteiger partial charge in [-0.05, 0) is 30.1 Å². The fourth-order valence-corrected chi connectivity index (χ4v) is 2.50. The predicted octanol–water partition coefficient (Wildman–Crippen LogP) is 3.79. The maximum atomic E-state index is 12.6. The van der Waals surface area contributed by atoms with Crippen LogP contribution in [-0.4, -0.2) is 24.3 Å². The van der Waals surface area contributed by atoms with Gasteiger partial charge in [0, 0.05) is 0 Å². The average Bonchev–Trinajstić information content (AvgIpc) is 2.31. The van der Waals surface area contributed by atoms with Gasteiger partial charge in [-0.25, -0.2) is 0 Å². The van der Waals surface area contributed by atoms with Gasteiger partial charge in [-0.2, -0.15) is 0 Å². The van der Waals surface area contributed by atoms with Crippen molar-refractivity contribution < 1.29 is 14.6 Å². The monoisotopic (exact) mass is 272 g/mol. The summed E-state index contributed by atoms with van der Waals surface area (Å²) < 4.78 is 5.38. The van der Waals surface area contributed by atoms with E-state index in [9.17, 15) is 9.90 Å². The Morgan fingerprint density at radius 2 is 1.63 bits per heavy atom. The first kappa shape index (κ1) is 18.4. The first-order valence-electron chi connectivity index (χ1n) is 7.34. The largest absolute Gasteiger partial charge is 0.465 e. The van der Waals surface area contributed by atoms with Crippen molar-refractivity contribution in [1.82, 2.24) is 0 Å². The Balaban J connectivity index is 5.48. The number of carbonyl (C=O) groups is 1. The molecule has 0 aliphatic heterocycles. The van der Waals surface area contributed by atoms with Gasteiger partial charge in [0.1, 0.15) is 0 Å². The average molecular weight is 272 g/mol. The zero-order valence-corrected chi connectivity index (χ0v) is 13.8. The third-order valence-electron chi connectivity index (χ3n) is 4.11. The number of hydrogen-bond acceptors (Lipinski definition) is 3. The summed E-state index contributed by atoms with van der Waals surface area (Å²) >= 11 is 0. The lowest BCUT2D eigenvalue weighted by molar-refractivity contribution is -0.173. The summed E-state index contributed by atoms with van der Waals surface area (Å²) in [7, 11) is 0. The molecule has 1 atom stereocenters. The fraction of sp³-hybridized carbons (Fsp3) is 0.938. The number of hydrogen-bond donors (Lipinski definition) is 1. The number of ether oxygens (including phenoxy) is 1. The third kappa shape index (κ3) is 4.48. The number of carbonyl (C=O) groups excluding carboxylic acids is 1. The molecule has 114 valence electrons. The lowest BCUT2D eigenvalue weighted by Gasteiger charge is -2.46. The van der Waals surface area contributed by atoms with E-state index >= 15 is 0 Å². The van der Waals surface area contributed by atoms with Crippen molar-refractivity contribution in [3.05, 3.63) is 0 Å². The summed E-state index contributed by atoms with van der Waals surface area (Å²) in [4.78, 5) is 12.6. The first-order valence-corrected chi connectivity index (χ1v) is 7.34. The molecule has 0 heterocycles. The molecule has 0 aromatic carbocycles. The summed E-state index contributed by atoms with van der Waals surface area (Å²) in [5, 5.41) is 9.98. The lowest BCUT2D eigenvalue weighted by Crippen LogP contribution is -2.50. The van der Waals surface area contributed by atoms with E-state index in [4.69, 9.17) is 4.74 Å². The highest BCUT2D eigenvalue weighted by molar-refractivity contribution is 5.78. The zero-order valence-electron chi connectivity index (χ0n) is 13.8. The summed E-state index contributed by atoms with van der Waals surface area (Å²) in [5.74, 6) is -0.251. The number of aliphatic hydroxyl groups is 1. The number of rotatable bonds is 7. The van der Waals surface area contributed by atoms with Gasteiger partial charge in [-0.15, -0.1) is 0 Å². The molecule has 0 aromatic heterocycles. The number of aliphatic hydroxyl groups excluding tert-OH is 1. The Bertz CT molecular complexity index is 289. The van der Waals surface area contributed by atoms with Crippen LogP contribution >= 0.6 is 0 Å². The summed E-state index contributed by atoms with van der Waals surface area (Å²) in [6, 6.07) is 0. The highest BCUT2D eigenvalue weighted by Gasteiger charge is 2.52. The molecule has 0 aliphatic rings. The highest BCUT2D eigenvalue weighted by atomic mass is 16.5. The van der Waals surface area contributed by atoms with E-state index in [1.165, 1.54) is 0 Å². The van der Waals surface area contributed by atoms with Crippen molar-refractivity contribution in [2.24, 2.45) is 16.2 Å². The molecule has 3 nitrogen and oxygen atoms in total. The standard InChI is InChI=1S/C16H32O3/c1-8-10-19-13(18)16(12-17,11-14(3,4)5)15(6,7)9-2/h17H,8-12H2,1-7H3. The van der Waals surface area contributed by atoms with Crippen LogP contribution in [0.4, 0.5) is 0 Å². The van der Waals surface area contributed by atoms with Crippen LogP contribution in [0.15, 0.2) is 0 Å². The van der Waals surface area contributed by atoms with Gasteiger partial charge in [0.2, 0.25) is 0 Å². The van der Waals surface area contributed by atoms with Crippen molar-refractivity contribution >= 4 is 5.97 Å². The van der Waals surface area contributed by atoms with Crippen LogP contribution in [0.3, 0.4) is 0 Å². The second-order valence-corrected chi connectivity index (χ2v) is 7.35. The normalized spacial score (nSPS) is 16.0. The minimum absolute atomic E-state index is 0.0413. The fourth-order valence-electron chi connectivity index (χ4n) is 2.50. The van der Waals surface area contributed by atoms with Crippen molar-refractivity contribution in [2.75, 3.05) is 13.2 Å². The Hall–Kier alpha value is -0.570. The maximum Gasteiger partial charge on any atom is 0.314 e. The van der Waals surface area contributed by atoms with Crippen LogP contribution in [0, 0.1) is 16.2 Å². The molecule has 0 bridgehead atoms. The molecular weight excluding hydrogens is 240 g/mol. The third-order valence-corrected chi connectivity index (χ3v) is 4.11. The van der Waals surface area contributed by atoms with E-state index in [1.807, 2.05) is 20.8 Å². The second kappa shape index (κ2) is 6.74. The van der Waals surface area contributed by atoms with E-state index < -0.39 is 5.41 Å². The maximum absolute atomic E-state index is 12.6. The molecule has 0 amide bonds. The van der Waals surface area contributed by atoms with E-state index in [0.29, 0.717) is 13.0 Å². The molecule has 0 spiro atoms. The molecule has 1 unspecified atom stereocenters. The minimum Gasteiger partial charge on any atom is -0.465 e. The van der Waals surface area contributed by atoms with Crippen molar-refractivity contribution in [3.8, 4) is 0 Å². The van der Waals surface area contributed by atoms with Gasteiger partial charge >= 0.3 is 5.97 Å². The number of esters is 1. The summed E-state index contributed by atoms with van der Waals surface area (Å²) in [5.41, 5.74) is -1.16. The van der Waals surface area contributed by atoms with Gasteiger partial charge in [-0.3, -0.25) is 4.79 Å². The summed E-state index contributed by atoms with van der Waals surface area (Å²) in [6.07, 6.45) is 2.25. The van der Waals surface area contributed by atoms with Crippen LogP contribution in [-0.2, 0) is 9.53 Å². The van der Waals surface area contributed by atoms with Crippen molar-refractivity contribution in [3.63, 3.8) is 0 Å². The van der Waals surface area contributed by atoms with Crippen LogP contribution < -0.4 is 0 Å². The topological polar surface area (TPSA) is 46.5 Å². The Morgan fingerprint density at radius 1 is 1.11 bits per heavy atom. The smallest absolute Gasteiger partial charge is 0.314 e. The predicted molar refractivity (Wildman–Crippen MR) is 78.9 cm³/mol. The van der Waals surface area contributed by atoms with E-state index in [1.54, 1.807) is 0 Å². The molecule has 0 fully saturated rings. The van der Waals surface area contributed by atoms with Gasteiger partial charge in [0.25, 0.3) is 0 Å². The summed E-state index contributed by atoms with van der Waals surface area (Å²) in [6.45, 7) is 14.7. The molecule has 0 rings (SSSR count). The molecule has 19 heavy (non-hydrogen) atoms. The zero-order chi connectivity index (χ0) is 15.3. The molecule has 0 saturated heterocycles. The lowest BCUT2D eigenvalue weighted by atomic mass is 9.58. The molecule has 1 N–H and O–H groups in total. The second-order valence-electron chi connectivity index (χ2n) is 7.35. The van der Waals surface area contributed by atoms with Crippen LogP contribution in [0.5, 0.6) is 0 Å². The Labute approximate surface area is 118 Å². The van der Waals surface area contributed by atoms with Gasteiger partial charge in [-0.1, -0.05) is 48.5 Å². The van der Waals surface area contributed by atoms with Crippen LogP contribution in [0.1, 0.15) is 67.7 Å². The highest BCUT2D eigenvalue weighted by Crippen LogP contribution is 2.49. The Kier molecular flexibility index (Phi) is 6.53. The van der Waals surface area contributed by atoms with E-state index in [2.05, 4.69) is 27.7 Å². The molecule has 0 radical (unpaired) electrons. The van der Waals surface area contributed by atoms with Crippen molar-refractivity contribution in [1.29, 1.82) is 0 Å². The quantitative estimate of drug-likeness (QED) is 0.717. The van der Waals surface area contributed by atoms with E-state index in [-0.39, 0.29) is 23.4 Å². The molecule has 0 aromatic rings. The van der Waals surface area contributed by atoms with Gasteiger partial charge in [0.05, 0.1) is 18.6 Å². The SMILES string of the molecule is CCCOC(=O)C(CO)(CC(C)(C)C)C(C)(C)CC. The van der Waals surface area contributed by atoms with Crippen LogP contribution in [0.2, 0.25) is 0 Å².